The number of alkyl halides is 1. The van der Waals surface area contributed by atoms with Gasteiger partial charge in [-0.25, -0.2) is 4.39 Å². The molecule has 0 saturated carbocycles. The van der Waals surface area contributed by atoms with Crippen LogP contribution in [0.4, 0.5) is 4.39 Å². The van der Waals surface area contributed by atoms with Gasteiger partial charge in [-0.2, -0.15) is 0 Å². The Morgan fingerprint density at radius 1 is 1.23 bits per heavy atom. The number of aliphatic hydroxyl groups excluding tert-OH is 4. The van der Waals surface area contributed by atoms with E-state index < -0.39 is 36.7 Å². The van der Waals surface area contributed by atoms with Crippen molar-refractivity contribution < 1.29 is 34.3 Å². The first-order chi connectivity index (χ1) is 5.92. The molecule has 0 radical (unpaired) electrons. The standard InChI is InChI=1S/C6H9FO6/c7-6(1-8)4(11)2(9)3(10)5(12)13-6/h1-5,9-12H/t2-,3+,4+,5-,6+/m1/s1. The average molecular weight is 196 g/mol. The van der Waals surface area contributed by atoms with Gasteiger partial charge in [-0.3, -0.25) is 4.79 Å². The van der Waals surface area contributed by atoms with Crippen LogP contribution in [0.15, 0.2) is 0 Å². The van der Waals surface area contributed by atoms with Crippen molar-refractivity contribution in [2.45, 2.75) is 30.5 Å². The predicted octanol–water partition coefficient (Wildman–Crippen LogP) is -2.72. The van der Waals surface area contributed by atoms with Crippen LogP contribution in [0.25, 0.3) is 0 Å². The predicted molar refractivity (Wildman–Crippen MR) is 35.0 cm³/mol. The molecule has 13 heavy (non-hydrogen) atoms. The van der Waals surface area contributed by atoms with E-state index in [4.69, 9.17) is 20.4 Å². The molecule has 1 aliphatic rings. The van der Waals surface area contributed by atoms with Gasteiger partial charge in [-0.15, -0.1) is 0 Å². The normalized spacial score (nSPS) is 51.8. The first-order valence-corrected chi connectivity index (χ1v) is 3.47. The molecule has 1 saturated heterocycles. The molecule has 7 heteroatoms. The van der Waals surface area contributed by atoms with Crippen molar-refractivity contribution in [3.05, 3.63) is 0 Å². The Kier molecular flexibility index (Phi) is 2.64. The summed E-state index contributed by atoms with van der Waals surface area (Å²) < 4.78 is 17.1. The topological polar surface area (TPSA) is 107 Å². The first-order valence-electron chi connectivity index (χ1n) is 3.47. The molecule has 5 atom stereocenters. The second kappa shape index (κ2) is 3.28. The second-order valence-electron chi connectivity index (χ2n) is 2.75. The minimum Gasteiger partial charge on any atom is -0.387 e. The number of carbonyl (C=O) groups excluding carboxylic acids is 1. The van der Waals surface area contributed by atoms with Gasteiger partial charge in [0.25, 0.3) is 5.85 Å². The molecule has 0 aromatic carbocycles. The SMILES string of the molecule is O=C[C@]1(F)O[C@@H](O)[C@@H](O)[C@@H](O)[C@@H]1O. The Morgan fingerprint density at radius 3 is 2.23 bits per heavy atom. The fraction of sp³-hybridized carbons (Fsp3) is 0.833. The molecule has 76 valence electrons. The lowest BCUT2D eigenvalue weighted by Crippen LogP contribution is -2.63. The van der Waals surface area contributed by atoms with Gasteiger partial charge in [-0.05, 0) is 0 Å². The lowest BCUT2D eigenvalue weighted by Gasteiger charge is -2.39. The van der Waals surface area contributed by atoms with E-state index in [9.17, 15) is 9.18 Å². The van der Waals surface area contributed by atoms with Gasteiger partial charge in [0.05, 0.1) is 0 Å². The molecule has 4 N–H and O–H groups in total. The van der Waals surface area contributed by atoms with Gasteiger partial charge in [0, 0.05) is 0 Å². The molecule has 1 heterocycles. The Balaban J connectivity index is 2.88. The van der Waals surface area contributed by atoms with Gasteiger partial charge < -0.3 is 25.2 Å². The molecular formula is C6H9FO6. The summed E-state index contributed by atoms with van der Waals surface area (Å²) in [5.74, 6) is -3.18. The van der Waals surface area contributed by atoms with Crippen molar-refractivity contribution in [1.82, 2.24) is 0 Å². The van der Waals surface area contributed by atoms with E-state index in [2.05, 4.69) is 4.74 Å². The number of hydrogen-bond acceptors (Lipinski definition) is 6. The van der Waals surface area contributed by atoms with Crippen LogP contribution >= 0.6 is 0 Å². The molecule has 0 amide bonds. The van der Waals surface area contributed by atoms with Crippen molar-refractivity contribution in [3.63, 3.8) is 0 Å². The first kappa shape index (κ1) is 10.5. The lowest BCUT2D eigenvalue weighted by atomic mass is 9.98. The zero-order valence-electron chi connectivity index (χ0n) is 6.37. The lowest BCUT2D eigenvalue weighted by molar-refractivity contribution is -0.339. The Bertz CT molecular complexity index is 211. The minimum absolute atomic E-state index is 0.393. The van der Waals surface area contributed by atoms with Gasteiger partial charge in [-0.1, -0.05) is 0 Å². The smallest absolute Gasteiger partial charge is 0.296 e. The maximum Gasteiger partial charge on any atom is 0.296 e. The van der Waals surface area contributed by atoms with Gasteiger partial charge in [0.15, 0.2) is 12.6 Å². The Morgan fingerprint density at radius 2 is 1.77 bits per heavy atom. The molecule has 0 aromatic heterocycles. The van der Waals surface area contributed by atoms with Crippen molar-refractivity contribution >= 4 is 6.29 Å². The summed E-state index contributed by atoms with van der Waals surface area (Å²) in [5, 5.41) is 35.5. The van der Waals surface area contributed by atoms with Crippen LogP contribution in [-0.2, 0) is 9.53 Å². The van der Waals surface area contributed by atoms with Crippen LogP contribution < -0.4 is 0 Å². The van der Waals surface area contributed by atoms with Gasteiger partial charge >= 0.3 is 0 Å². The fourth-order valence-corrected chi connectivity index (χ4v) is 1.01. The molecule has 0 aromatic rings. The van der Waals surface area contributed by atoms with Crippen LogP contribution in [0.3, 0.4) is 0 Å². The van der Waals surface area contributed by atoms with Crippen LogP contribution in [-0.4, -0.2) is 57.2 Å². The van der Waals surface area contributed by atoms with E-state index >= 15 is 0 Å². The number of ether oxygens (including phenoxy) is 1. The summed E-state index contributed by atoms with van der Waals surface area (Å²) >= 11 is 0. The molecule has 1 fully saturated rings. The monoisotopic (exact) mass is 196 g/mol. The number of carbonyl (C=O) groups is 1. The van der Waals surface area contributed by atoms with E-state index in [1.165, 1.54) is 0 Å². The van der Waals surface area contributed by atoms with Crippen molar-refractivity contribution in [1.29, 1.82) is 0 Å². The summed E-state index contributed by atoms with van der Waals surface area (Å²) in [6, 6.07) is 0. The van der Waals surface area contributed by atoms with Crippen molar-refractivity contribution in [2.24, 2.45) is 0 Å². The Labute approximate surface area is 72.2 Å². The molecular weight excluding hydrogens is 187 g/mol. The maximum atomic E-state index is 13.1. The fourth-order valence-electron chi connectivity index (χ4n) is 1.01. The number of aldehydes is 1. The maximum absolute atomic E-state index is 13.1. The Hall–Kier alpha value is -0.600. The highest BCUT2D eigenvalue weighted by Gasteiger charge is 2.54. The number of halogens is 1. The average Bonchev–Trinajstić information content (AvgIpc) is 2.12. The number of aliphatic hydroxyl groups is 4. The summed E-state index contributed by atoms with van der Waals surface area (Å²) in [4.78, 5) is 10.1. The third-order valence-corrected chi connectivity index (χ3v) is 1.83. The van der Waals surface area contributed by atoms with Gasteiger partial charge in [0.2, 0.25) is 0 Å². The van der Waals surface area contributed by atoms with Crippen LogP contribution in [0, 0.1) is 0 Å². The highest BCUT2D eigenvalue weighted by molar-refractivity contribution is 5.61. The largest absolute Gasteiger partial charge is 0.387 e. The minimum atomic E-state index is -3.18. The molecule has 6 nitrogen and oxygen atoms in total. The highest BCUT2D eigenvalue weighted by Crippen LogP contribution is 2.28. The van der Waals surface area contributed by atoms with E-state index in [-0.39, 0.29) is 0 Å². The molecule has 0 bridgehead atoms. The molecule has 1 rings (SSSR count). The molecule has 0 unspecified atom stereocenters. The van der Waals surface area contributed by atoms with Crippen LogP contribution in [0.2, 0.25) is 0 Å². The van der Waals surface area contributed by atoms with E-state index in [0.717, 1.165) is 0 Å². The van der Waals surface area contributed by atoms with Gasteiger partial charge in [0.1, 0.15) is 18.3 Å². The number of rotatable bonds is 1. The van der Waals surface area contributed by atoms with Crippen LogP contribution in [0.5, 0.6) is 0 Å². The zero-order chi connectivity index (χ0) is 10.2. The van der Waals surface area contributed by atoms with Crippen LogP contribution in [0.1, 0.15) is 0 Å². The second-order valence-corrected chi connectivity index (χ2v) is 2.75. The van der Waals surface area contributed by atoms with Crippen molar-refractivity contribution in [3.8, 4) is 0 Å². The summed E-state index contributed by atoms with van der Waals surface area (Å²) in [6.07, 6.45) is -8.48. The number of hydrogen-bond donors (Lipinski definition) is 4. The summed E-state index contributed by atoms with van der Waals surface area (Å²) in [5.41, 5.74) is 0. The molecule has 0 aliphatic carbocycles. The zero-order valence-corrected chi connectivity index (χ0v) is 6.37. The highest BCUT2D eigenvalue weighted by atomic mass is 19.2. The quantitative estimate of drug-likeness (QED) is 0.339. The van der Waals surface area contributed by atoms with E-state index in [1.54, 1.807) is 0 Å². The molecule has 0 spiro atoms. The third-order valence-electron chi connectivity index (χ3n) is 1.83. The summed E-state index contributed by atoms with van der Waals surface area (Å²) in [7, 11) is 0. The van der Waals surface area contributed by atoms with E-state index in [0.29, 0.717) is 0 Å². The van der Waals surface area contributed by atoms with E-state index in [1.807, 2.05) is 0 Å². The molecule has 1 aliphatic heterocycles. The summed E-state index contributed by atoms with van der Waals surface area (Å²) in [6.45, 7) is 0. The van der Waals surface area contributed by atoms with Crippen molar-refractivity contribution in [2.75, 3.05) is 0 Å². The third kappa shape index (κ3) is 1.56.